The summed E-state index contributed by atoms with van der Waals surface area (Å²) in [6.45, 7) is 1.59. The van der Waals surface area contributed by atoms with Gasteiger partial charge in [-0.2, -0.15) is 0 Å². The van der Waals surface area contributed by atoms with Crippen LogP contribution in [0.15, 0.2) is 35.1 Å². The first-order valence-electron chi connectivity index (χ1n) is 5.93. The molecule has 1 N–H and O–H groups in total. The fourth-order valence-corrected chi connectivity index (χ4v) is 2.25. The third-order valence-corrected chi connectivity index (χ3v) is 4.06. The summed E-state index contributed by atoms with van der Waals surface area (Å²) in [5, 5.41) is 3.94. The first-order valence-corrected chi connectivity index (χ1v) is 7.10. The monoisotopic (exact) mass is 343 g/mol. The molecule has 0 fully saturated rings. The topological polar surface area (TPSA) is 39.1 Å². The molecule has 0 bridgehead atoms. The minimum absolute atomic E-state index is 0.669. The van der Waals surface area contributed by atoms with Gasteiger partial charge < -0.3 is 14.6 Å². The number of rotatable bonds is 6. The molecule has 0 saturated heterocycles. The highest BCUT2D eigenvalue weighted by Crippen LogP contribution is 2.31. The van der Waals surface area contributed by atoms with E-state index in [-0.39, 0.29) is 0 Å². The molecule has 0 unspecified atom stereocenters. The van der Waals surface area contributed by atoms with E-state index in [2.05, 4.69) is 26.2 Å². The van der Waals surface area contributed by atoms with Gasteiger partial charge in [0.15, 0.2) is 0 Å². The predicted octanol–water partition coefficient (Wildman–Crippen LogP) is 4.08. The molecule has 1 heterocycles. The normalized spacial score (nSPS) is 10.7. The number of ether oxygens (including phenoxy) is 1. The number of methoxy groups -OCH3 is 1. The number of imidazole rings is 1. The van der Waals surface area contributed by atoms with Crippen molar-refractivity contribution in [2.24, 2.45) is 0 Å². The Hall–Kier alpha value is -1.04. The minimum atomic E-state index is 0.669. The van der Waals surface area contributed by atoms with E-state index < -0.39 is 0 Å². The van der Waals surface area contributed by atoms with E-state index in [9.17, 15) is 0 Å². The Kier molecular flexibility index (Phi) is 5.24. The van der Waals surface area contributed by atoms with Crippen LogP contribution in [0.4, 0.5) is 11.6 Å². The molecule has 4 nitrogen and oxygen atoms in total. The van der Waals surface area contributed by atoms with E-state index in [4.69, 9.17) is 16.3 Å². The maximum atomic E-state index is 6.07. The van der Waals surface area contributed by atoms with Crippen LogP contribution in [0.25, 0.3) is 0 Å². The maximum absolute atomic E-state index is 6.07. The van der Waals surface area contributed by atoms with Crippen LogP contribution in [0.5, 0.6) is 0 Å². The predicted molar refractivity (Wildman–Crippen MR) is 81.2 cm³/mol. The Labute approximate surface area is 125 Å². The van der Waals surface area contributed by atoms with Gasteiger partial charge in [0.1, 0.15) is 0 Å². The number of benzene rings is 1. The smallest absolute Gasteiger partial charge is 0.207 e. The third kappa shape index (κ3) is 3.72. The van der Waals surface area contributed by atoms with Crippen molar-refractivity contribution >= 4 is 39.2 Å². The second-order valence-electron chi connectivity index (χ2n) is 4.02. The van der Waals surface area contributed by atoms with E-state index in [1.807, 2.05) is 29.0 Å². The average molecular weight is 345 g/mol. The quantitative estimate of drug-likeness (QED) is 0.803. The van der Waals surface area contributed by atoms with Gasteiger partial charge in [-0.3, -0.25) is 0 Å². The number of hydrogen-bond donors (Lipinski definition) is 1. The zero-order valence-corrected chi connectivity index (χ0v) is 12.9. The summed E-state index contributed by atoms with van der Waals surface area (Å²) >= 11 is 9.53. The van der Waals surface area contributed by atoms with Crippen LogP contribution in [0.3, 0.4) is 0 Å². The van der Waals surface area contributed by atoms with Gasteiger partial charge in [-0.1, -0.05) is 17.7 Å². The van der Waals surface area contributed by atoms with Crippen LogP contribution in [0.2, 0.25) is 5.02 Å². The van der Waals surface area contributed by atoms with Crippen LogP contribution in [-0.4, -0.2) is 23.3 Å². The lowest BCUT2D eigenvalue weighted by molar-refractivity contribution is 0.190. The van der Waals surface area contributed by atoms with E-state index in [1.165, 1.54) is 0 Å². The van der Waals surface area contributed by atoms with E-state index in [1.54, 1.807) is 13.3 Å². The molecule has 0 radical (unpaired) electrons. The van der Waals surface area contributed by atoms with Gasteiger partial charge in [-0.05, 0) is 34.5 Å². The lowest BCUT2D eigenvalue weighted by Crippen LogP contribution is -2.05. The van der Waals surface area contributed by atoms with Crippen LogP contribution in [-0.2, 0) is 11.3 Å². The Balaban J connectivity index is 2.11. The molecule has 0 amide bonds. The van der Waals surface area contributed by atoms with Crippen LogP contribution < -0.4 is 5.32 Å². The number of halogens is 2. The van der Waals surface area contributed by atoms with Crippen molar-refractivity contribution in [3.8, 4) is 0 Å². The lowest BCUT2D eigenvalue weighted by atomic mass is 10.3. The summed E-state index contributed by atoms with van der Waals surface area (Å²) in [5.41, 5.74) is 0.895. The lowest BCUT2D eigenvalue weighted by Gasteiger charge is -2.11. The number of aryl methyl sites for hydroxylation is 1. The average Bonchev–Trinajstić information content (AvgIpc) is 2.83. The van der Waals surface area contributed by atoms with Crippen molar-refractivity contribution in [3.05, 3.63) is 40.1 Å². The molecular formula is C13H15BrClN3O. The SMILES string of the molecule is COCCCn1ccnc1Nc1cccc(Cl)c1Br. The molecule has 6 heteroatoms. The summed E-state index contributed by atoms with van der Waals surface area (Å²) in [6, 6.07) is 5.68. The summed E-state index contributed by atoms with van der Waals surface area (Å²) in [6.07, 6.45) is 4.66. The van der Waals surface area contributed by atoms with Crippen molar-refractivity contribution in [1.82, 2.24) is 9.55 Å². The highest BCUT2D eigenvalue weighted by Gasteiger charge is 2.07. The summed E-state index contributed by atoms with van der Waals surface area (Å²) in [4.78, 5) is 4.31. The zero-order valence-electron chi connectivity index (χ0n) is 10.6. The third-order valence-electron chi connectivity index (χ3n) is 2.66. The van der Waals surface area contributed by atoms with Crippen molar-refractivity contribution in [2.45, 2.75) is 13.0 Å². The van der Waals surface area contributed by atoms with Crippen molar-refractivity contribution in [1.29, 1.82) is 0 Å². The molecule has 2 rings (SSSR count). The number of anilines is 2. The first kappa shape index (κ1) is 14.4. The Morgan fingerprint density at radius 3 is 3.11 bits per heavy atom. The molecule has 1 aromatic heterocycles. The summed E-state index contributed by atoms with van der Waals surface area (Å²) < 4.78 is 7.94. The first-order chi connectivity index (χ1) is 9.22. The van der Waals surface area contributed by atoms with Gasteiger partial charge in [0, 0.05) is 32.7 Å². The number of hydrogen-bond acceptors (Lipinski definition) is 3. The van der Waals surface area contributed by atoms with Gasteiger partial charge in [-0.15, -0.1) is 0 Å². The van der Waals surface area contributed by atoms with Gasteiger partial charge in [-0.25, -0.2) is 4.98 Å². The van der Waals surface area contributed by atoms with E-state index in [0.29, 0.717) is 5.02 Å². The molecule has 1 aromatic carbocycles. The molecule has 2 aromatic rings. The minimum Gasteiger partial charge on any atom is -0.385 e. The standard InChI is InChI=1S/C13H15BrClN3O/c1-19-9-3-7-18-8-6-16-13(18)17-11-5-2-4-10(15)12(11)14/h2,4-6,8H,3,7,9H2,1H3,(H,16,17). The fourth-order valence-electron chi connectivity index (χ4n) is 1.71. The zero-order chi connectivity index (χ0) is 13.7. The fraction of sp³-hybridized carbons (Fsp3) is 0.308. The van der Waals surface area contributed by atoms with E-state index in [0.717, 1.165) is 35.7 Å². The molecule has 0 aliphatic rings. The van der Waals surface area contributed by atoms with Crippen LogP contribution in [0.1, 0.15) is 6.42 Å². The molecule has 0 saturated carbocycles. The second-order valence-corrected chi connectivity index (χ2v) is 5.22. The van der Waals surface area contributed by atoms with Gasteiger partial charge in [0.25, 0.3) is 0 Å². The van der Waals surface area contributed by atoms with Crippen LogP contribution in [0, 0.1) is 0 Å². The maximum Gasteiger partial charge on any atom is 0.207 e. The Morgan fingerprint density at radius 2 is 2.32 bits per heavy atom. The van der Waals surface area contributed by atoms with Crippen molar-refractivity contribution in [3.63, 3.8) is 0 Å². The highest BCUT2D eigenvalue weighted by atomic mass is 79.9. The molecule has 102 valence electrons. The highest BCUT2D eigenvalue weighted by molar-refractivity contribution is 9.10. The summed E-state index contributed by atoms with van der Waals surface area (Å²) in [7, 11) is 1.70. The largest absolute Gasteiger partial charge is 0.385 e. The van der Waals surface area contributed by atoms with Crippen LogP contribution >= 0.6 is 27.5 Å². The van der Waals surface area contributed by atoms with Crippen molar-refractivity contribution < 1.29 is 4.74 Å². The second kappa shape index (κ2) is 6.93. The molecule has 0 aliphatic carbocycles. The van der Waals surface area contributed by atoms with Gasteiger partial charge in [0.05, 0.1) is 15.2 Å². The molecule has 0 atom stereocenters. The Morgan fingerprint density at radius 1 is 1.47 bits per heavy atom. The van der Waals surface area contributed by atoms with Gasteiger partial charge >= 0.3 is 0 Å². The number of nitrogens with zero attached hydrogens (tertiary/aromatic N) is 2. The number of aromatic nitrogens is 2. The molecular weight excluding hydrogens is 330 g/mol. The van der Waals surface area contributed by atoms with Crippen molar-refractivity contribution in [2.75, 3.05) is 19.0 Å². The van der Waals surface area contributed by atoms with E-state index >= 15 is 0 Å². The molecule has 0 aliphatic heterocycles. The molecule has 19 heavy (non-hydrogen) atoms. The van der Waals surface area contributed by atoms with Gasteiger partial charge in [0.2, 0.25) is 5.95 Å². The molecule has 0 spiro atoms. The Bertz CT molecular complexity index is 544. The summed E-state index contributed by atoms with van der Waals surface area (Å²) in [5.74, 6) is 0.791. The number of nitrogens with one attached hydrogen (secondary N) is 1.